The first-order valence-corrected chi connectivity index (χ1v) is 11.1. The molecule has 5 rings (SSSR count). The summed E-state index contributed by atoms with van der Waals surface area (Å²) in [4.78, 5) is 19.9. The van der Waals surface area contributed by atoms with Gasteiger partial charge in [0.2, 0.25) is 5.89 Å². The average Bonchev–Trinajstić information content (AvgIpc) is 3.50. The summed E-state index contributed by atoms with van der Waals surface area (Å²) in [5.74, 6) is 1.48. The Balaban J connectivity index is 1.42. The van der Waals surface area contributed by atoms with Gasteiger partial charge >= 0.3 is 0 Å². The topological polar surface area (TPSA) is 55.6 Å². The van der Waals surface area contributed by atoms with E-state index in [2.05, 4.69) is 6.92 Å². The minimum Gasteiger partial charge on any atom is -0.497 e. The minimum atomic E-state index is -0.134. The number of rotatable bonds is 5. The van der Waals surface area contributed by atoms with Crippen molar-refractivity contribution >= 4 is 17.0 Å². The number of hydrogen-bond donors (Lipinski definition) is 0. The van der Waals surface area contributed by atoms with Gasteiger partial charge in [0.1, 0.15) is 17.3 Å². The van der Waals surface area contributed by atoms with E-state index in [1.807, 2.05) is 71.6 Å². The van der Waals surface area contributed by atoms with Gasteiger partial charge in [0, 0.05) is 12.1 Å². The Bertz CT molecular complexity index is 1240. The Morgan fingerprint density at radius 3 is 2.53 bits per heavy atom. The van der Waals surface area contributed by atoms with Gasteiger partial charge in [-0.1, -0.05) is 37.3 Å². The predicted octanol–water partition coefficient (Wildman–Crippen LogP) is 6.04. The molecule has 5 nitrogen and oxygen atoms in total. The maximum absolute atomic E-state index is 13.2. The SMILES string of the molecule is CCc1ccc(C(=O)N2CCCC2c2nc3cc(-c4ccc(OC)cc4)ccc3o2)cc1. The molecule has 1 unspecified atom stereocenters. The lowest BCUT2D eigenvalue weighted by molar-refractivity contribution is 0.0717. The molecule has 1 saturated heterocycles. The van der Waals surface area contributed by atoms with Gasteiger partial charge < -0.3 is 14.1 Å². The van der Waals surface area contributed by atoms with Gasteiger partial charge in [-0.2, -0.15) is 0 Å². The van der Waals surface area contributed by atoms with Crippen molar-refractivity contribution in [1.29, 1.82) is 0 Å². The summed E-state index contributed by atoms with van der Waals surface area (Å²) in [5, 5.41) is 0. The summed E-state index contributed by atoms with van der Waals surface area (Å²) in [6.07, 6.45) is 2.76. The van der Waals surface area contributed by atoms with Crippen molar-refractivity contribution < 1.29 is 13.9 Å². The van der Waals surface area contributed by atoms with Crippen LogP contribution in [0.1, 0.15) is 47.6 Å². The molecule has 0 bridgehead atoms. The molecule has 0 saturated carbocycles. The van der Waals surface area contributed by atoms with E-state index in [1.54, 1.807) is 7.11 Å². The molecular formula is C27H26N2O3. The van der Waals surface area contributed by atoms with Crippen LogP contribution in [0.5, 0.6) is 5.75 Å². The first-order valence-electron chi connectivity index (χ1n) is 11.1. The molecule has 162 valence electrons. The third-order valence-electron chi connectivity index (χ3n) is 6.24. The maximum Gasteiger partial charge on any atom is 0.254 e. The fraction of sp³-hybridized carbons (Fsp3) is 0.259. The van der Waals surface area contributed by atoms with E-state index < -0.39 is 0 Å². The highest BCUT2D eigenvalue weighted by Crippen LogP contribution is 2.35. The van der Waals surface area contributed by atoms with E-state index in [0.717, 1.165) is 53.8 Å². The highest BCUT2D eigenvalue weighted by atomic mass is 16.5. The number of ether oxygens (including phenoxy) is 1. The third kappa shape index (κ3) is 3.75. The number of carbonyl (C=O) groups excluding carboxylic acids is 1. The van der Waals surface area contributed by atoms with E-state index in [0.29, 0.717) is 11.5 Å². The van der Waals surface area contributed by atoms with Crippen molar-refractivity contribution in [3.63, 3.8) is 0 Å². The summed E-state index contributed by atoms with van der Waals surface area (Å²) in [7, 11) is 1.66. The smallest absolute Gasteiger partial charge is 0.254 e. The van der Waals surface area contributed by atoms with Crippen LogP contribution in [0.25, 0.3) is 22.2 Å². The molecule has 0 aliphatic carbocycles. The molecule has 1 amide bonds. The zero-order valence-corrected chi connectivity index (χ0v) is 18.4. The Kier molecular flexibility index (Phi) is 5.39. The lowest BCUT2D eigenvalue weighted by Crippen LogP contribution is -2.30. The van der Waals surface area contributed by atoms with Crippen molar-refractivity contribution in [2.45, 2.75) is 32.2 Å². The monoisotopic (exact) mass is 426 g/mol. The molecule has 1 atom stereocenters. The predicted molar refractivity (Wildman–Crippen MR) is 125 cm³/mol. The Morgan fingerprint density at radius 1 is 1.06 bits per heavy atom. The highest BCUT2D eigenvalue weighted by molar-refractivity contribution is 5.94. The molecule has 5 heteroatoms. The molecule has 1 aromatic heterocycles. The number of amides is 1. The average molecular weight is 427 g/mol. The van der Waals surface area contributed by atoms with Crippen molar-refractivity contribution in [2.75, 3.05) is 13.7 Å². The lowest BCUT2D eigenvalue weighted by atomic mass is 10.1. The van der Waals surface area contributed by atoms with Crippen molar-refractivity contribution in [3.8, 4) is 16.9 Å². The van der Waals surface area contributed by atoms with Gasteiger partial charge in [0.15, 0.2) is 5.58 Å². The van der Waals surface area contributed by atoms with Crippen LogP contribution in [-0.4, -0.2) is 29.4 Å². The zero-order chi connectivity index (χ0) is 22.1. The fourth-order valence-corrected chi connectivity index (χ4v) is 4.37. The van der Waals surface area contributed by atoms with E-state index in [1.165, 1.54) is 5.56 Å². The molecule has 32 heavy (non-hydrogen) atoms. The molecule has 3 aromatic carbocycles. The second kappa shape index (κ2) is 8.50. The molecule has 0 N–H and O–H groups in total. The number of benzene rings is 3. The summed E-state index contributed by atoms with van der Waals surface area (Å²) in [5.41, 5.74) is 5.64. The number of aromatic nitrogens is 1. The fourth-order valence-electron chi connectivity index (χ4n) is 4.37. The summed E-state index contributed by atoms with van der Waals surface area (Å²) < 4.78 is 11.4. The number of nitrogens with zero attached hydrogens (tertiary/aromatic N) is 2. The van der Waals surface area contributed by atoms with Crippen LogP contribution in [0.15, 0.2) is 71.1 Å². The van der Waals surface area contributed by atoms with Crippen LogP contribution < -0.4 is 4.74 Å². The number of fused-ring (bicyclic) bond motifs is 1. The van der Waals surface area contributed by atoms with Gasteiger partial charge in [0.05, 0.1) is 7.11 Å². The molecule has 2 heterocycles. The first kappa shape index (κ1) is 20.3. The molecule has 0 radical (unpaired) electrons. The van der Waals surface area contributed by atoms with Crippen molar-refractivity contribution in [2.24, 2.45) is 0 Å². The number of oxazole rings is 1. The molecule has 1 fully saturated rings. The number of carbonyl (C=O) groups is 1. The second-order valence-electron chi connectivity index (χ2n) is 8.17. The summed E-state index contributed by atoms with van der Waals surface area (Å²) >= 11 is 0. The summed E-state index contributed by atoms with van der Waals surface area (Å²) in [6.45, 7) is 2.83. The van der Waals surface area contributed by atoms with Gasteiger partial charge in [-0.3, -0.25) is 4.79 Å². The number of hydrogen-bond acceptors (Lipinski definition) is 4. The minimum absolute atomic E-state index is 0.0383. The van der Waals surface area contributed by atoms with E-state index in [-0.39, 0.29) is 11.9 Å². The van der Waals surface area contributed by atoms with Crippen LogP contribution in [-0.2, 0) is 6.42 Å². The normalized spacial score (nSPS) is 15.9. The summed E-state index contributed by atoms with van der Waals surface area (Å²) in [6, 6.07) is 21.7. The lowest BCUT2D eigenvalue weighted by Gasteiger charge is -2.22. The second-order valence-corrected chi connectivity index (χ2v) is 8.17. The molecule has 1 aliphatic rings. The highest BCUT2D eigenvalue weighted by Gasteiger charge is 2.34. The van der Waals surface area contributed by atoms with E-state index in [9.17, 15) is 4.79 Å². The standard InChI is InChI=1S/C27H26N2O3/c1-3-18-6-8-20(9-7-18)27(30)29-16-4-5-24(29)26-28-23-17-21(12-15-25(23)32-26)19-10-13-22(31-2)14-11-19/h6-15,17,24H,3-5,16H2,1-2H3. The van der Waals surface area contributed by atoms with Crippen LogP contribution in [0, 0.1) is 0 Å². The molecule has 0 spiro atoms. The number of methoxy groups -OCH3 is 1. The molecule has 1 aliphatic heterocycles. The largest absolute Gasteiger partial charge is 0.497 e. The van der Waals surface area contributed by atoms with E-state index >= 15 is 0 Å². The molecule has 4 aromatic rings. The van der Waals surface area contributed by atoms with Gasteiger partial charge in [-0.15, -0.1) is 0 Å². The maximum atomic E-state index is 13.2. The van der Waals surface area contributed by atoms with Gasteiger partial charge in [-0.05, 0) is 72.4 Å². The van der Waals surface area contributed by atoms with Crippen LogP contribution in [0.3, 0.4) is 0 Å². The number of likely N-dealkylation sites (tertiary alicyclic amines) is 1. The van der Waals surface area contributed by atoms with Crippen molar-refractivity contribution in [3.05, 3.63) is 83.7 Å². The van der Waals surface area contributed by atoms with Crippen LogP contribution in [0.2, 0.25) is 0 Å². The Labute approximate surface area is 187 Å². The van der Waals surface area contributed by atoms with Crippen LogP contribution >= 0.6 is 0 Å². The quantitative estimate of drug-likeness (QED) is 0.390. The Hall–Kier alpha value is -3.60. The number of aryl methyl sites for hydroxylation is 1. The first-order chi connectivity index (χ1) is 15.7. The van der Waals surface area contributed by atoms with Gasteiger partial charge in [0.25, 0.3) is 5.91 Å². The third-order valence-corrected chi connectivity index (χ3v) is 6.24. The van der Waals surface area contributed by atoms with Crippen molar-refractivity contribution in [1.82, 2.24) is 9.88 Å². The van der Waals surface area contributed by atoms with Gasteiger partial charge in [-0.25, -0.2) is 4.98 Å². The molecular weight excluding hydrogens is 400 g/mol. The zero-order valence-electron chi connectivity index (χ0n) is 18.4. The Morgan fingerprint density at radius 2 is 1.81 bits per heavy atom. The van der Waals surface area contributed by atoms with Crippen LogP contribution in [0.4, 0.5) is 0 Å². The van der Waals surface area contributed by atoms with E-state index in [4.69, 9.17) is 14.1 Å².